The van der Waals surface area contributed by atoms with Gasteiger partial charge in [-0.2, -0.15) is 0 Å². The zero-order valence-electron chi connectivity index (χ0n) is 14.0. The molecular weight excluding hydrogens is 362 g/mol. The van der Waals surface area contributed by atoms with Gasteiger partial charge in [0.1, 0.15) is 11.5 Å². The number of benzene rings is 2. The Kier molecular flexibility index (Phi) is 6.05. The molecule has 25 heavy (non-hydrogen) atoms. The van der Waals surface area contributed by atoms with E-state index < -0.39 is 10.0 Å². The number of hydrogen-bond donors (Lipinski definition) is 3. The van der Waals surface area contributed by atoms with Gasteiger partial charge in [0, 0.05) is 7.05 Å². The third-order valence-electron chi connectivity index (χ3n) is 3.31. The van der Waals surface area contributed by atoms with Crippen molar-refractivity contribution in [3.05, 3.63) is 42.5 Å². The molecule has 9 heteroatoms. The molecule has 0 fully saturated rings. The minimum atomic E-state index is -3.83. The second-order valence-corrected chi connectivity index (χ2v) is 6.96. The highest BCUT2D eigenvalue weighted by Crippen LogP contribution is 2.30. The molecule has 2 aromatic carbocycles. The van der Waals surface area contributed by atoms with Crippen LogP contribution in [0.25, 0.3) is 0 Å². The minimum absolute atomic E-state index is 0.0561. The molecule has 0 atom stereocenters. The number of ether oxygens (including phenoxy) is 2. The van der Waals surface area contributed by atoms with Crippen molar-refractivity contribution >= 4 is 38.7 Å². The predicted molar refractivity (Wildman–Crippen MR) is 102 cm³/mol. The Balaban J connectivity index is 2.38. The molecule has 134 valence electrons. The number of anilines is 2. The zero-order valence-corrected chi connectivity index (χ0v) is 15.6. The van der Waals surface area contributed by atoms with Crippen molar-refractivity contribution in [1.29, 1.82) is 0 Å². The topological polar surface area (TPSA) is 88.7 Å². The van der Waals surface area contributed by atoms with Gasteiger partial charge in [0.15, 0.2) is 5.11 Å². The molecule has 0 aliphatic heterocycles. The normalized spacial score (nSPS) is 10.7. The summed E-state index contributed by atoms with van der Waals surface area (Å²) in [7, 11) is 0.797. The first-order chi connectivity index (χ1) is 11.9. The van der Waals surface area contributed by atoms with Gasteiger partial charge in [0.25, 0.3) is 10.0 Å². The Morgan fingerprint density at radius 2 is 1.64 bits per heavy atom. The van der Waals surface area contributed by atoms with Crippen LogP contribution in [-0.4, -0.2) is 34.8 Å². The Hall–Kier alpha value is -2.52. The second kappa shape index (κ2) is 8.04. The van der Waals surface area contributed by atoms with Gasteiger partial charge < -0.3 is 20.1 Å². The molecule has 0 amide bonds. The van der Waals surface area contributed by atoms with Crippen LogP contribution in [0.15, 0.2) is 47.4 Å². The minimum Gasteiger partial charge on any atom is -0.495 e. The summed E-state index contributed by atoms with van der Waals surface area (Å²) < 4.78 is 38.3. The van der Waals surface area contributed by atoms with Gasteiger partial charge in [-0.3, -0.25) is 4.72 Å². The van der Waals surface area contributed by atoms with Crippen molar-refractivity contribution in [2.45, 2.75) is 4.90 Å². The highest BCUT2D eigenvalue weighted by atomic mass is 32.2. The largest absolute Gasteiger partial charge is 0.495 e. The molecule has 0 unspecified atom stereocenters. The molecule has 0 spiro atoms. The number of methoxy groups -OCH3 is 2. The van der Waals surface area contributed by atoms with Gasteiger partial charge in [0.05, 0.1) is 30.5 Å². The lowest BCUT2D eigenvalue weighted by molar-refractivity contribution is 0.416. The van der Waals surface area contributed by atoms with Crippen LogP contribution in [0, 0.1) is 0 Å². The average Bonchev–Trinajstić information content (AvgIpc) is 2.61. The van der Waals surface area contributed by atoms with Crippen LogP contribution in [-0.2, 0) is 10.0 Å². The molecule has 0 saturated carbocycles. The van der Waals surface area contributed by atoms with Gasteiger partial charge in [-0.05, 0) is 42.5 Å². The maximum Gasteiger partial charge on any atom is 0.262 e. The summed E-state index contributed by atoms with van der Waals surface area (Å²) in [5.74, 6) is 0.892. The Morgan fingerprint density at radius 1 is 1.00 bits per heavy atom. The summed E-state index contributed by atoms with van der Waals surface area (Å²) in [6, 6.07) is 11.2. The summed E-state index contributed by atoms with van der Waals surface area (Å²) >= 11 is 5.06. The molecule has 3 N–H and O–H groups in total. The molecule has 0 bridgehead atoms. The first kappa shape index (κ1) is 18.8. The van der Waals surface area contributed by atoms with Gasteiger partial charge in [-0.15, -0.1) is 0 Å². The van der Waals surface area contributed by atoms with Crippen LogP contribution in [0.4, 0.5) is 11.4 Å². The molecule has 0 aliphatic rings. The van der Waals surface area contributed by atoms with E-state index in [0.717, 1.165) is 0 Å². The Morgan fingerprint density at radius 3 is 2.28 bits per heavy atom. The van der Waals surface area contributed by atoms with Crippen LogP contribution >= 0.6 is 12.2 Å². The highest BCUT2D eigenvalue weighted by molar-refractivity contribution is 7.92. The average molecular weight is 381 g/mol. The van der Waals surface area contributed by atoms with Crippen molar-refractivity contribution in [2.24, 2.45) is 0 Å². The second-order valence-electron chi connectivity index (χ2n) is 4.87. The summed E-state index contributed by atoms with van der Waals surface area (Å²) in [6.07, 6.45) is 0. The standard InChI is InChI=1S/C16H19N3O4S2/c1-17-16(24)18-13-10-11(8-9-15(13)23-3)25(20,21)19-12-6-4-5-7-14(12)22-2/h4-10,19H,1-3H3,(H2,17,18,24). The lowest BCUT2D eigenvalue weighted by Crippen LogP contribution is -2.24. The number of thiocarbonyl (C=S) groups is 1. The fourth-order valence-electron chi connectivity index (χ4n) is 2.07. The Labute approximate surface area is 152 Å². The third-order valence-corrected chi connectivity index (χ3v) is 4.98. The third kappa shape index (κ3) is 4.52. The lowest BCUT2D eigenvalue weighted by Gasteiger charge is -2.15. The summed E-state index contributed by atoms with van der Waals surface area (Å²) in [5, 5.41) is 5.99. The first-order valence-corrected chi connectivity index (χ1v) is 9.13. The maximum absolute atomic E-state index is 12.7. The number of para-hydroxylation sites is 2. The maximum atomic E-state index is 12.7. The van der Waals surface area contributed by atoms with Crippen LogP contribution < -0.4 is 24.8 Å². The summed E-state index contributed by atoms with van der Waals surface area (Å²) in [6.45, 7) is 0. The molecule has 0 heterocycles. The predicted octanol–water partition coefficient (Wildman–Crippen LogP) is 2.42. The van der Waals surface area contributed by atoms with Gasteiger partial charge in [0.2, 0.25) is 0 Å². The van der Waals surface area contributed by atoms with E-state index in [-0.39, 0.29) is 4.90 Å². The molecular formula is C16H19N3O4S2. The Bertz CT molecular complexity index is 869. The fourth-order valence-corrected chi connectivity index (χ4v) is 3.28. The van der Waals surface area contributed by atoms with Crippen LogP contribution in [0.5, 0.6) is 11.5 Å². The molecule has 0 saturated heterocycles. The van der Waals surface area contributed by atoms with Crippen LogP contribution in [0.3, 0.4) is 0 Å². The van der Waals surface area contributed by atoms with E-state index in [1.54, 1.807) is 37.4 Å². The highest BCUT2D eigenvalue weighted by Gasteiger charge is 2.18. The quantitative estimate of drug-likeness (QED) is 0.662. The molecule has 0 aromatic heterocycles. The summed E-state index contributed by atoms with van der Waals surface area (Å²) in [5.41, 5.74) is 0.783. The lowest BCUT2D eigenvalue weighted by atomic mass is 10.3. The fraction of sp³-hybridized carbons (Fsp3) is 0.188. The number of nitrogens with one attached hydrogen (secondary N) is 3. The van der Waals surface area contributed by atoms with Crippen molar-refractivity contribution in [3.63, 3.8) is 0 Å². The van der Waals surface area contributed by atoms with Crippen molar-refractivity contribution < 1.29 is 17.9 Å². The molecule has 7 nitrogen and oxygen atoms in total. The van der Waals surface area contributed by atoms with Gasteiger partial charge >= 0.3 is 0 Å². The first-order valence-electron chi connectivity index (χ1n) is 7.24. The summed E-state index contributed by atoms with van der Waals surface area (Å²) in [4.78, 5) is 0.0561. The van der Waals surface area contributed by atoms with E-state index in [1.807, 2.05) is 0 Å². The number of rotatable bonds is 6. The van der Waals surface area contributed by atoms with Crippen molar-refractivity contribution in [2.75, 3.05) is 31.3 Å². The monoisotopic (exact) mass is 381 g/mol. The zero-order chi connectivity index (χ0) is 18.4. The van der Waals surface area contributed by atoms with E-state index in [0.29, 0.717) is 28.0 Å². The molecule has 2 aromatic rings. The van der Waals surface area contributed by atoms with E-state index >= 15 is 0 Å². The van der Waals surface area contributed by atoms with Gasteiger partial charge in [-0.25, -0.2) is 8.42 Å². The van der Waals surface area contributed by atoms with Gasteiger partial charge in [-0.1, -0.05) is 12.1 Å². The van der Waals surface area contributed by atoms with Crippen LogP contribution in [0.2, 0.25) is 0 Å². The smallest absolute Gasteiger partial charge is 0.262 e. The number of hydrogen-bond acceptors (Lipinski definition) is 5. The van der Waals surface area contributed by atoms with E-state index in [9.17, 15) is 8.42 Å². The van der Waals surface area contributed by atoms with E-state index in [1.165, 1.54) is 26.4 Å². The van der Waals surface area contributed by atoms with Crippen molar-refractivity contribution in [1.82, 2.24) is 5.32 Å². The molecule has 0 radical (unpaired) electrons. The van der Waals surface area contributed by atoms with E-state index in [4.69, 9.17) is 21.7 Å². The van der Waals surface area contributed by atoms with E-state index in [2.05, 4.69) is 15.4 Å². The molecule has 2 rings (SSSR count). The van der Waals surface area contributed by atoms with Crippen molar-refractivity contribution in [3.8, 4) is 11.5 Å². The molecule has 0 aliphatic carbocycles. The SMILES string of the molecule is CNC(=S)Nc1cc(S(=O)(=O)Nc2ccccc2OC)ccc1OC. The van der Waals surface area contributed by atoms with Crippen LogP contribution in [0.1, 0.15) is 0 Å². The number of sulfonamides is 1.